The van der Waals surface area contributed by atoms with Crippen LogP contribution in [0.2, 0.25) is 0 Å². The van der Waals surface area contributed by atoms with Crippen LogP contribution in [-0.4, -0.2) is 169 Å². The number of carbonyl (C=O) groups excluding carboxylic acids is 4. The van der Waals surface area contributed by atoms with Crippen molar-refractivity contribution in [3.8, 4) is 51.7 Å². The molecule has 4 aliphatic carbocycles. The fourth-order valence-corrected chi connectivity index (χ4v) is 16.5. The fourth-order valence-electron chi connectivity index (χ4n) is 16.5. The second-order valence-corrected chi connectivity index (χ2v) is 31.8. The van der Waals surface area contributed by atoms with Crippen molar-refractivity contribution in [1.82, 2.24) is 41.2 Å². The van der Waals surface area contributed by atoms with E-state index in [9.17, 15) is 76.9 Å². The van der Waals surface area contributed by atoms with Crippen molar-refractivity contribution in [1.29, 1.82) is 0 Å². The largest absolute Gasteiger partial charge is 0.707 e. The minimum Gasteiger partial charge on any atom is -0.506 e. The lowest BCUT2D eigenvalue weighted by Crippen LogP contribution is -2.32. The Morgan fingerprint density at radius 3 is 1.02 bits per heavy atom. The van der Waals surface area contributed by atoms with E-state index in [4.69, 9.17) is 60.2 Å². The zero-order valence-corrected chi connectivity index (χ0v) is 78.3. The van der Waals surface area contributed by atoms with Crippen molar-refractivity contribution in [2.75, 3.05) is 56.9 Å². The normalized spacial score (nSPS) is 13.7. The summed E-state index contributed by atoms with van der Waals surface area (Å²) in [6.45, 7) is 8.41. The molecule has 0 spiro atoms. The highest BCUT2D eigenvalue weighted by Crippen LogP contribution is 2.49. The third-order valence-corrected chi connectivity index (χ3v) is 23.2. The Morgan fingerprint density at radius 2 is 0.660 bits per heavy atom. The molecule has 141 heavy (non-hydrogen) atoms. The van der Waals surface area contributed by atoms with Gasteiger partial charge < -0.3 is 122 Å². The first-order valence-electron chi connectivity index (χ1n) is 43.4. The molecule has 0 aliphatic heterocycles. The van der Waals surface area contributed by atoms with Gasteiger partial charge in [-0.3, -0.25) is 24.2 Å². The van der Waals surface area contributed by atoms with E-state index >= 15 is 0 Å². The van der Waals surface area contributed by atoms with E-state index in [0.717, 1.165) is 45.2 Å². The summed E-state index contributed by atoms with van der Waals surface area (Å²) in [5.41, 5.74) is 16.3. The number of hydrogen-bond acceptors (Lipinski definition) is 29. The van der Waals surface area contributed by atoms with Gasteiger partial charge >= 0.3 is 28.7 Å². The van der Waals surface area contributed by atoms with Crippen molar-refractivity contribution in [3.63, 3.8) is 0 Å². The Kier molecular flexibility index (Phi) is 33.9. The minimum absolute atomic E-state index is 0.00954. The van der Waals surface area contributed by atoms with Gasteiger partial charge in [0.2, 0.25) is 41.5 Å². The molecule has 0 radical (unpaired) electrons. The number of aromatic nitrogens is 4. The Bertz CT molecular complexity index is 6340. The van der Waals surface area contributed by atoms with Gasteiger partial charge in [-0.05, 0) is 262 Å². The van der Waals surface area contributed by atoms with Crippen LogP contribution in [0.15, 0.2) is 211 Å². The number of pyridine rings is 4. The third kappa shape index (κ3) is 24.3. The number of halogens is 4. The molecule has 4 aliphatic rings. The number of rotatable bonds is 33. The Hall–Kier alpha value is -15.7. The number of furan rings is 4. The van der Waals surface area contributed by atoms with Crippen molar-refractivity contribution in [2.24, 2.45) is 0 Å². The molecule has 0 atom stereocenters. The highest BCUT2D eigenvalue weighted by Gasteiger charge is 2.35. The van der Waals surface area contributed by atoms with E-state index in [1.54, 1.807) is 109 Å². The summed E-state index contributed by atoms with van der Waals surface area (Å²) in [5.74, 6) is 0.971. The number of nitrogens with one attached hydrogen (secondary N) is 4. The molecule has 16 rings (SSSR count). The number of amides is 4. The standard InChI is InChI=1S/C25H24BFN2O7.3C25H24BFN2O6/c1-14-17(7-15-8-21(33-2)25(36-26(31)32)22(9-15)34-3)19-10-23(27)28-13-20(19)18(14)11-24(30)29-12-16-5-4-6-35-16;1-14-18(9-15-10-20(33-2)24(26(31)32)21(11-15)34-3)17-6-7-22(27)29-25(17)19(14)12-23(30)28-13-16-5-4-8-35-16;1-14-18(11-23(30)28-13-17-5-4-6-35-17)20-10-16(27)12-29-25(20)19(14)7-15-8-21(33-2)24(26(31)32)22(9-15)34-3;1-14-17(7-15-8-21(33-2)25(26(31)32)22(9-15)34-3)20-13-28-23(27)10-19(20)18(14)11-24(30)29-12-16-5-4-6-35-16/h4-10,13,31-32H,11-12H2,1-3H3,(H,29,30);4-11,31-32H,12-13H2,1-3H3,(H,28,30);4-10,12,31-32H,11,13H2,1-3H3,(H,28,30);4-10,13,31-32H,11-12H2,1-3H3,(H,29,30)/b17-7-;18-9-;19-7-;17-7-. The van der Waals surface area contributed by atoms with Crippen LogP contribution in [0.5, 0.6) is 51.7 Å². The number of nitrogens with zero attached hydrogens (tertiary/aromatic N) is 4. The maximum absolute atomic E-state index is 14.1. The predicted molar refractivity (Wildman–Crippen MR) is 518 cm³/mol. The average Bonchev–Trinajstić information content (AvgIpc) is 1.61. The van der Waals surface area contributed by atoms with Gasteiger partial charge in [0.25, 0.3) is 0 Å². The lowest BCUT2D eigenvalue weighted by atomic mass is 9.78. The summed E-state index contributed by atoms with van der Waals surface area (Å²) in [7, 11) is 3.88. The van der Waals surface area contributed by atoms with Gasteiger partial charge in [-0.1, -0.05) is 0 Å². The van der Waals surface area contributed by atoms with Crippen LogP contribution in [-0.2, 0) is 45.4 Å². The average molecular weight is 1930 g/mol. The molecule has 12 aromatic rings. The van der Waals surface area contributed by atoms with Crippen LogP contribution in [0.3, 0.4) is 0 Å². The summed E-state index contributed by atoms with van der Waals surface area (Å²) < 4.78 is 125. The van der Waals surface area contributed by atoms with Crippen molar-refractivity contribution < 1.29 is 137 Å². The van der Waals surface area contributed by atoms with E-state index in [2.05, 4.69) is 41.2 Å². The first-order valence-corrected chi connectivity index (χ1v) is 43.4. The highest BCUT2D eigenvalue weighted by atomic mass is 19.1. The predicted octanol–water partition coefficient (Wildman–Crippen LogP) is 10.8. The number of ether oxygens (including phenoxy) is 8. The third-order valence-electron chi connectivity index (χ3n) is 23.2. The van der Waals surface area contributed by atoms with Gasteiger partial charge in [0.05, 0.1) is 168 Å². The molecule has 0 saturated heterocycles. The van der Waals surface area contributed by atoms with Crippen molar-refractivity contribution in [3.05, 3.63) is 307 Å². The highest BCUT2D eigenvalue weighted by molar-refractivity contribution is 6.62. The van der Waals surface area contributed by atoms with Gasteiger partial charge in [-0.15, -0.1) is 0 Å². The number of carbonyl (C=O) groups is 4. The van der Waals surface area contributed by atoms with Gasteiger partial charge in [0.15, 0.2) is 17.2 Å². The first-order chi connectivity index (χ1) is 67.7. The lowest BCUT2D eigenvalue weighted by Gasteiger charge is -2.15. The Morgan fingerprint density at radius 1 is 0.340 bits per heavy atom. The molecular formula is C100H96B4F4N8O25. The topological polar surface area (TPSA) is 465 Å². The summed E-state index contributed by atoms with van der Waals surface area (Å²) in [6, 6.07) is 34.0. The molecular weight excluding hydrogens is 1830 g/mol. The molecule has 4 amide bonds. The number of benzene rings is 4. The molecule has 0 unspecified atom stereocenters. The van der Waals surface area contributed by atoms with Gasteiger partial charge in [0.1, 0.15) is 63.4 Å². The lowest BCUT2D eigenvalue weighted by molar-refractivity contribution is -0.121. The quantitative estimate of drug-likeness (QED) is 0.0103. The van der Waals surface area contributed by atoms with E-state index in [-0.39, 0.29) is 144 Å². The van der Waals surface area contributed by atoms with Crippen molar-refractivity contribution in [2.45, 2.75) is 79.6 Å². The smallest absolute Gasteiger partial charge is 0.506 e. The Balaban J connectivity index is 0.000000158. The van der Waals surface area contributed by atoms with Gasteiger partial charge in [-0.25, -0.2) is 19.3 Å². The SMILES string of the molecule is COc1cc(/C=C2/C(C)=C(CC(=O)NCc3ccco3)c3cc(F)cnc32)cc(OC)c1B(O)O.COc1cc(/C=C2/C(C)=C(CC(=O)NCc3ccco3)c3cc(F)ncc32)cc(OC)c1B(O)O.COc1cc(/C=C2/C(C)=C(CC(=O)NCc3ccco3)c3cnc(F)cc32)cc(OC)c1OB(O)O.COc1cc(/C=C2/C(C)=C(CC(=O)NCc3ccco3)c3nc(F)ccc32)cc(OC)c1B(O)O. The minimum atomic E-state index is -2.07. The van der Waals surface area contributed by atoms with Crippen LogP contribution in [0, 0.1) is 23.7 Å². The molecule has 0 saturated carbocycles. The van der Waals surface area contributed by atoms with Crippen LogP contribution < -0.4 is 80.2 Å². The molecule has 41 heteroatoms. The Labute approximate surface area is 807 Å². The van der Waals surface area contributed by atoms with Gasteiger partial charge in [0, 0.05) is 52.4 Å². The van der Waals surface area contributed by atoms with Crippen LogP contribution in [0.1, 0.15) is 143 Å². The number of fused-ring (bicyclic) bond motifs is 4. The fraction of sp³-hybridized carbons (Fsp3) is 0.200. The number of hydrogen-bond donors (Lipinski definition) is 12. The molecule has 0 bridgehead atoms. The number of allylic oxidation sites excluding steroid dienone is 8. The monoisotopic (exact) mass is 1930 g/mol. The molecule has 4 aromatic carbocycles. The van der Waals surface area contributed by atoms with Crippen LogP contribution in [0.4, 0.5) is 17.6 Å². The maximum atomic E-state index is 14.1. The molecule has 8 aromatic heterocycles. The van der Waals surface area contributed by atoms with E-state index < -0.39 is 52.3 Å². The summed E-state index contributed by atoms with van der Waals surface area (Å²) in [6.07, 6.45) is 17.6. The summed E-state index contributed by atoms with van der Waals surface area (Å²) >= 11 is 0. The van der Waals surface area contributed by atoms with Crippen LogP contribution >= 0.6 is 0 Å². The zero-order chi connectivity index (χ0) is 101. The summed E-state index contributed by atoms with van der Waals surface area (Å²) in [5, 5.41) is 88.1. The zero-order valence-electron chi connectivity index (χ0n) is 78.3. The summed E-state index contributed by atoms with van der Waals surface area (Å²) in [4.78, 5) is 66.6. The first kappa shape index (κ1) is 103. The molecule has 726 valence electrons. The van der Waals surface area contributed by atoms with E-state index in [1.807, 2.05) is 45.9 Å². The van der Waals surface area contributed by atoms with Crippen LogP contribution in [0.25, 0.3) is 68.9 Å². The van der Waals surface area contributed by atoms with Gasteiger partial charge in [-0.2, -0.15) is 13.2 Å². The maximum Gasteiger partial charge on any atom is 0.707 e. The van der Waals surface area contributed by atoms with E-state index in [0.29, 0.717) is 118 Å². The second-order valence-electron chi connectivity index (χ2n) is 31.8. The second kappa shape index (κ2) is 46.6. The van der Waals surface area contributed by atoms with E-state index in [1.165, 1.54) is 119 Å². The molecule has 8 heterocycles. The van der Waals surface area contributed by atoms with Crippen molar-refractivity contribution >= 4 is 138 Å². The molecule has 0 fully saturated rings. The number of methoxy groups -OCH3 is 8. The molecule has 33 nitrogen and oxygen atoms in total. The molecule has 12 N–H and O–H groups in total.